The molecule has 0 spiro atoms. The number of hydrogen-bond acceptors (Lipinski definition) is 3. The first kappa shape index (κ1) is 13.9. The lowest BCUT2D eigenvalue weighted by Gasteiger charge is -2.21. The van der Waals surface area contributed by atoms with E-state index in [0.29, 0.717) is 0 Å². The van der Waals surface area contributed by atoms with Crippen LogP contribution in [0.4, 0.5) is 5.69 Å². The summed E-state index contributed by atoms with van der Waals surface area (Å²) in [4.78, 5) is 25.9. The fourth-order valence-electron chi connectivity index (χ4n) is 3.07. The number of likely N-dealkylation sites (tertiary alicyclic amines) is 1. The van der Waals surface area contributed by atoms with Crippen molar-refractivity contribution >= 4 is 17.4 Å². The van der Waals surface area contributed by atoms with Crippen LogP contribution in [0.2, 0.25) is 0 Å². The number of carbonyl (C=O) groups is 2. The third-order valence-electron chi connectivity index (χ3n) is 4.10. The van der Waals surface area contributed by atoms with E-state index in [2.05, 4.69) is 16.4 Å². The van der Waals surface area contributed by atoms with Gasteiger partial charge in [0, 0.05) is 43.0 Å². The van der Waals surface area contributed by atoms with Crippen LogP contribution in [0, 0.1) is 0 Å². The van der Waals surface area contributed by atoms with Gasteiger partial charge in [0.15, 0.2) is 5.78 Å². The highest BCUT2D eigenvalue weighted by Gasteiger charge is 2.23. The van der Waals surface area contributed by atoms with E-state index >= 15 is 0 Å². The second kappa shape index (κ2) is 5.72. The van der Waals surface area contributed by atoms with Crippen molar-refractivity contribution in [3.8, 4) is 0 Å². The fraction of sp³-hybridized carbons (Fsp3) is 0.412. The largest absolute Gasteiger partial charge is 0.377 e. The Labute approximate surface area is 124 Å². The molecule has 0 bridgehead atoms. The maximum absolute atomic E-state index is 12.6. The Balaban J connectivity index is 1.83. The van der Waals surface area contributed by atoms with Crippen molar-refractivity contribution in [3.63, 3.8) is 0 Å². The molecule has 4 nitrogen and oxygen atoms in total. The van der Waals surface area contributed by atoms with E-state index in [9.17, 15) is 9.59 Å². The van der Waals surface area contributed by atoms with E-state index in [1.807, 2.05) is 12.1 Å². The van der Waals surface area contributed by atoms with E-state index < -0.39 is 0 Å². The molecular weight excluding hydrogens is 264 g/mol. The summed E-state index contributed by atoms with van der Waals surface area (Å²) >= 11 is 0. The molecular formula is C17H20N2O2. The van der Waals surface area contributed by atoms with Gasteiger partial charge < -0.3 is 10.2 Å². The van der Waals surface area contributed by atoms with Gasteiger partial charge in [-0.2, -0.15) is 0 Å². The monoisotopic (exact) mass is 284 g/mol. The van der Waals surface area contributed by atoms with Crippen LogP contribution in [0.3, 0.4) is 0 Å². The zero-order chi connectivity index (χ0) is 14.8. The predicted octanol–water partition coefficient (Wildman–Crippen LogP) is 2.75. The first-order valence-electron chi connectivity index (χ1n) is 7.53. The molecule has 21 heavy (non-hydrogen) atoms. The summed E-state index contributed by atoms with van der Waals surface area (Å²) in [5, 5.41) is 2.77. The number of benzene rings is 1. The van der Waals surface area contributed by atoms with Crippen LogP contribution < -0.4 is 5.32 Å². The minimum atomic E-state index is -0.0910. The lowest BCUT2D eigenvalue weighted by atomic mass is 9.87. The van der Waals surface area contributed by atoms with E-state index in [4.69, 9.17) is 0 Å². The first-order valence-corrected chi connectivity index (χ1v) is 7.53. The summed E-state index contributed by atoms with van der Waals surface area (Å²) in [5.74, 6) is 0.0456. The molecule has 1 heterocycles. The number of nitrogens with zero attached hydrogens (tertiary/aromatic N) is 1. The molecule has 1 aliphatic heterocycles. The van der Waals surface area contributed by atoms with E-state index in [0.717, 1.165) is 48.3 Å². The van der Waals surface area contributed by atoms with Gasteiger partial charge in [0.25, 0.3) is 0 Å². The van der Waals surface area contributed by atoms with Crippen molar-refractivity contribution in [2.75, 3.05) is 18.4 Å². The number of rotatable bonds is 2. The van der Waals surface area contributed by atoms with Gasteiger partial charge in [0.2, 0.25) is 5.91 Å². The van der Waals surface area contributed by atoms with Crippen LogP contribution in [0.5, 0.6) is 0 Å². The highest BCUT2D eigenvalue weighted by Crippen LogP contribution is 2.28. The number of fused-ring (bicyclic) bond motifs is 1. The van der Waals surface area contributed by atoms with Crippen molar-refractivity contribution < 1.29 is 9.59 Å². The van der Waals surface area contributed by atoms with Gasteiger partial charge in [-0.25, -0.2) is 0 Å². The third-order valence-corrected chi connectivity index (χ3v) is 4.10. The van der Waals surface area contributed by atoms with Gasteiger partial charge in [0.1, 0.15) is 0 Å². The van der Waals surface area contributed by atoms with Crippen LogP contribution in [-0.2, 0) is 11.2 Å². The average molecular weight is 284 g/mol. The van der Waals surface area contributed by atoms with Crippen LogP contribution in [-0.4, -0.2) is 29.7 Å². The summed E-state index contributed by atoms with van der Waals surface area (Å²) < 4.78 is 0. The number of carbonyl (C=O) groups excluding carboxylic acids is 2. The van der Waals surface area contributed by atoms with Crippen molar-refractivity contribution in [2.45, 2.75) is 32.6 Å². The van der Waals surface area contributed by atoms with Crippen LogP contribution in [0.1, 0.15) is 42.1 Å². The molecule has 1 aromatic rings. The summed E-state index contributed by atoms with van der Waals surface area (Å²) in [5.41, 5.74) is 3.49. The second-order valence-electron chi connectivity index (χ2n) is 5.78. The molecule has 1 saturated heterocycles. The fourth-order valence-corrected chi connectivity index (χ4v) is 3.07. The van der Waals surface area contributed by atoms with Crippen LogP contribution >= 0.6 is 0 Å². The van der Waals surface area contributed by atoms with E-state index in [1.165, 1.54) is 19.8 Å². The zero-order valence-electron chi connectivity index (χ0n) is 12.3. The van der Waals surface area contributed by atoms with E-state index in [-0.39, 0.29) is 11.7 Å². The van der Waals surface area contributed by atoms with Gasteiger partial charge in [-0.3, -0.25) is 9.59 Å². The normalized spacial score (nSPS) is 19.8. The van der Waals surface area contributed by atoms with Gasteiger partial charge >= 0.3 is 0 Å². The lowest BCUT2D eigenvalue weighted by molar-refractivity contribution is -0.114. The molecule has 0 radical (unpaired) electrons. The average Bonchev–Trinajstić information content (AvgIpc) is 2.94. The molecule has 1 amide bonds. The summed E-state index contributed by atoms with van der Waals surface area (Å²) in [6.45, 7) is 3.61. The number of aryl methyl sites for hydroxylation is 1. The number of hydrogen-bond donors (Lipinski definition) is 1. The Bertz CT molecular complexity index is 613. The Morgan fingerprint density at radius 2 is 2.00 bits per heavy atom. The minimum Gasteiger partial charge on any atom is -0.377 e. The maximum Gasteiger partial charge on any atom is 0.221 e. The highest BCUT2D eigenvalue weighted by atomic mass is 16.1. The van der Waals surface area contributed by atoms with E-state index in [1.54, 1.807) is 6.07 Å². The summed E-state index contributed by atoms with van der Waals surface area (Å²) in [6.07, 6.45) is 6.13. The number of nitrogens with one attached hydrogen (secondary N) is 1. The predicted molar refractivity (Wildman–Crippen MR) is 82.3 cm³/mol. The Morgan fingerprint density at radius 3 is 2.71 bits per heavy atom. The zero-order valence-corrected chi connectivity index (χ0v) is 12.3. The Hall–Kier alpha value is -2.10. The Kier molecular flexibility index (Phi) is 3.78. The molecule has 1 aromatic carbocycles. The maximum atomic E-state index is 12.6. The first-order chi connectivity index (χ1) is 10.1. The van der Waals surface area contributed by atoms with Crippen molar-refractivity contribution in [3.05, 3.63) is 41.1 Å². The molecule has 0 atom stereocenters. The van der Waals surface area contributed by atoms with Gasteiger partial charge in [-0.05, 0) is 49.4 Å². The smallest absolute Gasteiger partial charge is 0.221 e. The van der Waals surface area contributed by atoms with Crippen LogP contribution in [0.15, 0.2) is 30.0 Å². The highest BCUT2D eigenvalue weighted by molar-refractivity contribution is 6.11. The van der Waals surface area contributed by atoms with Gasteiger partial charge in [-0.1, -0.05) is 0 Å². The topological polar surface area (TPSA) is 49.4 Å². The lowest BCUT2D eigenvalue weighted by Crippen LogP contribution is -2.19. The molecule has 0 unspecified atom stereocenters. The standard InChI is InChI=1S/C17H20N2O2/c1-12(20)18-15-6-7-16-13(10-15)4-5-14(17(16)21)11-19-8-2-3-9-19/h6-7,10-11H,2-5,8-9H2,1H3,(H,18,20)/b14-11+. The molecule has 0 aromatic heterocycles. The molecule has 1 N–H and O–H groups in total. The number of amides is 1. The van der Waals surface area contributed by atoms with Gasteiger partial charge in [-0.15, -0.1) is 0 Å². The minimum absolute atomic E-state index is 0.0910. The summed E-state index contributed by atoms with van der Waals surface area (Å²) in [7, 11) is 0. The summed E-state index contributed by atoms with van der Waals surface area (Å²) in [6, 6.07) is 5.55. The number of anilines is 1. The Morgan fingerprint density at radius 1 is 1.24 bits per heavy atom. The van der Waals surface area contributed by atoms with Crippen molar-refractivity contribution in [1.82, 2.24) is 4.90 Å². The number of ketones is 1. The third kappa shape index (κ3) is 2.99. The van der Waals surface area contributed by atoms with Crippen molar-refractivity contribution in [2.24, 2.45) is 0 Å². The number of allylic oxidation sites excluding steroid dienone is 1. The number of Topliss-reactive ketones (excluding diaryl/α,β-unsaturated/α-hetero) is 1. The molecule has 2 aliphatic rings. The van der Waals surface area contributed by atoms with Gasteiger partial charge in [0.05, 0.1) is 0 Å². The molecule has 4 heteroatoms. The SMILES string of the molecule is CC(=O)Nc1ccc2c(c1)CC/C(=C\N1CCCC1)C2=O. The molecule has 3 rings (SSSR count). The molecule has 1 aliphatic carbocycles. The van der Waals surface area contributed by atoms with Crippen molar-refractivity contribution in [1.29, 1.82) is 0 Å². The second-order valence-corrected chi connectivity index (χ2v) is 5.78. The molecule has 110 valence electrons. The van der Waals surface area contributed by atoms with Crippen LogP contribution in [0.25, 0.3) is 0 Å². The molecule has 0 saturated carbocycles. The molecule has 1 fully saturated rings. The quantitative estimate of drug-likeness (QED) is 0.850.